The number of carbonyl (C=O) groups is 1. The number of carbonyl (C=O) groups excluding carboxylic acids is 1. The molecule has 0 unspecified atom stereocenters. The predicted octanol–water partition coefficient (Wildman–Crippen LogP) is 3.99. The van der Waals surface area contributed by atoms with Crippen molar-refractivity contribution in [3.05, 3.63) is 40.4 Å². The van der Waals surface area contributed by atoms with Gasteiger partial charge in [-0.1, -0.05) is 23.7 Å². The van der Waals surface area contributed by atoms with Crippen LogP contribution in [-0.2, 0) is 11.2 Å². The molecule has 0 radical (unpaired) electrons. The minimum Gasteiger partial charge on any atom is -0.300 e. The van der Waals surface area contributed by atoms with Gasteiger partial charge in [-0.15, -0.1) is 11.3 Å². The molecule has 0 N–H and O–H groups in total. The number of nitrogens with zero attached hydrogens (tertiary/aromatic N) is 1. The van der Waals surface area contributed by atoms with Crippen LogP contribution < -0.4 is 0 Å². The average molecular weight is 266 g/mol. The van der Waals surface area contributed by atoms with Crippen LogP contribution in [0.15, 0.2) is 29.6 Å². The van der Waals surface area contributed by atoms with Gasteiger partial charge < -0.3 is 4.79 Å². The molecule has 0 saturated carbocycles. The van der Waals surface area contributed by atoms with Crippen LogP contribution in [0, 0.1) is 0 Å². The van der Waals surface area contributed by atoms with Crippen LogP contribution in [0.25, 0.3) is 10.6 Å². The molecule has 1 heterocycles. The molecule has 0 atom stereocenters. The Balaban J connectivity index is 2.15. The SMILES string of the molecule is CC(=O)CCc1csc(-c2cccc(Cl)c2)n1. The van der Waals surface area contributed by atoms with Gasteiger partial charge in [0.25, 0.3) is 0 Å². The lowest BCUT2D eigenvalue weighted by Gasteiger charge is -1.96. The first-order valence-corrected chi connectivity index (χ1v) is 6.60. The summed E-state index contributed by atoms with van der Waals surface area (Å²) >= 11 is 7.52. The van der Waals surface area contributed by atoms with E-state index in [-0.39, 0.29) is 5.78 Å². The Morgan fingerprint density at radius 3 is 3.00 bits per heavy atom. The Bertz CT molecular complexity index is 536. The minimum atomic E-state index is 0.197. The maximum Gasteiger partial charge on any atom is 0.130 e. The number of benzene rings is 1. The molecule has 0 bridgehead atoms. The molecule has 0 aliphatic rings. The fraction of sp³-hybridized carbons (Fsp3) is 0.231. The largest absolute Gasteiger partial charge is 0.300 e. The first-order chi connectivity index (χ1) is 8.15. The molecule has 2 rings (SSSR count). The number of Topliss-reactive ketones (excluding diaryl/α,β-unsaturated/α-hetero) is 1. The van der Waals surface area contributed by atoms with Gasteiger partial charge in [-0.25, -0.2) is 4.98 Å². The van der Waals surface area contributed by atoms with Crippen LogP contribution in [-0.4, -0.2) is 10.8 Å². The van der Waals surface area contributed by atoms with E-state index in [4.69, 9.17) is 11.6 Å². The van der Waals surface area contributed by atoms with Crippen LogP contribution in [0.5, 0.6) is 0 Å². The van der Waals surface area contributed by atoms with E-state index < -0.39 is 0 Å². The second-order valence-electron chi connectivity index (χ2n) is 3.86. The molecule has 1 aromatic carbocycles. The van der Waals surface area contributed by atoms with Crippen molar-refractivity contribution in [3.63, 3.8) is 0 Å². The molecular formula is C13H12ClNOS. The van der Waals surface area contributed by atoms with E-state index in [1.807, 2.05) is 29.6 Å². The lowest BCUT2D eigenvalue weighted by atomic mass is 10.2. The Labute approximate surface area is 109 Å². The lowest BCUT2D eigenvalue weighted by Crippen LogP contribution is -1.94. The lowest BCUT2D eigenvalue weighted by molar-refractivity contribution is -0.116. The standard InChI is InChI=1S/C13H12ClNOS/c1-9(16)5-6-12-8-17-13(15-12)10-3-2-4-11(14)7-10/h2-4,7-8H,5-6H2,1H3. The molecule has 2 aromatic rings. The van der Waals surface area contributed by atoms with Crippen LogP contribution in [0.4, 0.5) is 0 Å². The fourth-order valence-electron chi connectivity index (χ4n) is 1.48. The normalized spacial score (nSPS) is 10.5. The van der Waals surface area contributed by atoms with Crippen molar-refractivity contribution in [1.82, 2.24) is 4.98 Å². The second-order valence-corrected chi connectivity index (χ2v) is 5.15. The summed E-state index contributed by atoms with van der Waals surface area (Å²) < 4.78 is 0. The van der Waals surface area contributed by atoms with E-state index >= 15 is 0 Å². The van der Waals surface area contributed by atoms with Crippen molar-refractivity contribution in [2.75, 3.05) is 0 Å². The highest BCUT2D eigenvalue weighted by molar-refractivity contribution is 7.13. The second kappa shape index (κ2) is 5.43. The van der Waals surface area contributed by atoms with Gasteiger partial charge in [0.15, 0.2) is 0 Å². The van der Waals surface area contributed by atoms with E-state index in [2.05, 4.69) is 4.98 Å². The molecule has 2 nitrogen and oxygen atoms in total. The van der Waals surface area contributed by atoms with Gasteiger partial charge >= 0.3 is 0 Å². The van der Waals surface area contributed by atoms with Crippen LogP contribution >= 0.6 is 22.9 Å². The topological polar surface area (TPSA) is 30.0 Å². The van der Waals surface area contributed by atoms with Gasteiger partial charge in [0.05, 0.1) is 5.69 Å². The number of hydrogen-bond donors (Lipinski definition) is 0. The quantitative estimate of drug-likeness (QED) is 0.837. The summed E-state index contributed by atoms with van der Waals surface area (Å²) in [6.45, 7) is 1.60. The van der Waals surface area contributed by atoms with Crippen LogP contribution in [0.3, 0.4) is 0 Å². The van der Waals surface area contributed by atoms with Crippen LogP contribution in [0.1, 0.15) is 19.0 Å². The summed E-state index contributed by atoms with van der Waals surface area (Å²) in [5, 5.41) is 3.66. The molecular weight excluding hydrogens is 254 g/mol. The highest BCUT2D eigenvalue weighted by Crippen LogP contribution is 2.26. The van der Waals surface area contributed by atoms with Crippen LogP contribution in [0.2, 0.25) is 5.02 Å². The number of aryl methyl sites for hydroxylation is 1. The predicted molar refractivity (Wildman–Crippen MR) is 71.6 cm³/mol. The summed E-state index contributed by atoms with van der Waals surface area (Å²) in [5.74, 6) is 0.197. The highest BCUT2D eigenvalue weighted by Gasteiger charge is 2.05. The molecule has 4 heteroatoms. The van der Waals surface area contributed by atoms with Gasteiger partial charge in [0, 0.05) is 22.4 Å². The monoisotopic (exact) mass is 265 g/mol. The smallest absolute Gasteiger partial charge is 0.130 e. The van der Waals surface area contributed by atoms with E-state index in [1.54, 1.807) is 18.3 Å². The summed E-state index contributed by atoms with van der Waals surface area (Å²) in [4.78, 5) is 15.4. The Kier molecular flexibility index (Phi) is 3.92. The fourth-order valence-corrected chi connectivity index (χ4v) is 2.52. The Morgan fingerprint density at radius 1 is 1.47 bits per heavy atom. The first-order valence-electron chi connectivity index (χ1n) is 5.35. The summed E-state index contributed by atoms with van der Waals surface area (Å²) in [5.41, 5.74) is 2.00. The van der Waals surface area contributed by atoms with Crippen molar-refractivity contribution in [3.8, 4) is 10.6 Å². The average Bonchev–Trinajstić information content (AvgIpc) is 2.75. The highest BCUT2D eigenvalue weighted by atomic mass is 35.5. The third kappa shape index (κ3) is 3.38. The molecule has 88 valence electrons. The van der Waals surface area contributed by atoms with Gasteiger partial charge in [-0.3, -0.25) is 0 Å². The number of hydrogen-bond acceptors (Lipinski definition) is 3. The number of ketones is 1. The zero-order chi connectivity index (χ0) is 12.3. The van der Waals surface area contributed by atoms with Gasteiger partial charge in [-0.05, 0) is 25.5 Å². The van der Waals surface area contributed by atoms with Gasteiger partial charge in [-0.2, -0.15) is 0 Å². The molecule has 0 fully saturated rings. The molecule has 0 saturated heterocycles. The first kappa shape index (κ1) is 12.3. The molecule has 0 spiro atoms. The molecule has 0 aliphatic carbocycles. The Morgan fingerprint density at radius 2 is 2.29 bits per heavy atom. The summed E-state index contributed by atoms with van der Waals surface area (Å²) in [6, 6.07) is 7.64. The van der Waals surface area contributed by atoms with E-state index in [0.29, 0.717) is 17.9 Å². The van der Waals surface area contributed by atoms with Crippen molar-refractivity contribution in [2.24, 2.45) is 0 Å². The minimum absolute atomic E-state index is 0.197. The maximum atomic E-state index is 10.9. The number of rotatable bonds is 4. The van der Waals surface area contributed by atoms with E-state index in [9.17, 15) is 4.79 Å². The third-order valence-corrected chi connectivity index (χ3v) is 3.53. The zero-order valence-electron chi connectivity index (χ0n) is 9.44. The Hall–Kier alpha value is -1.19. The number of aromatic nitrogens is 1. The maximum absolute atomic E-state index is 10.9. The summed E-state index contributed by atoms with van der Waals surface area (Å²) in [7, 11) is 0. The molecule has 1 aromatic heterocycles. The zero-order valence-corrected chi connectivity index (χ0v) is 11.0. The number of thiazole rings is 1. The van der Waals surface area contributed by atoms with Crippen molar-refractivity contribution in [1.29, 1.82) is 0 Å². The van der Waals surface area contributed by atoms with Crippen molar-refractivity contribution < 1.29 is 4.79 Å². The number of halogens is 1. The van der Waals surface area contributed by atoms with Crippen molar-refractivity contribution in [2.45, 2.75) is 19.8 Å². The van der Waals surface area contributed by atoms with E-state index in [0.717, 1.165) is 16.3 Å². The van der Waals surface area contributed by atoms with Gasteiger partial charge in [0.2, 0.25) is 0 Å². The van der Waals surface area contributed by atoms with Crippen molar-refractivity contribution >= 4 is 28.7 Å². The molecule has 17 heavy (non-hydrogen) atoms. The summed E-state index contributed by atoms with van der Waals surface area (Å²) in [6.07, 6.45) is 1.27. The molecule has 0 aliphatic heterocycles. The molecule has 0 amide bonds. The third-order valence-electron chi connectivity index (χ3n) is 2.36. The van der Waals surface area contributed by atoms with E-state index in [1.165, 1.54) is 0 Å². The van der Waals surface area contributed by atoms with Gasteiger partial charge in [0.1, 0.15) is 10.8 Å².